The Morgan fingerprint density at radius 2 is 1.00 bits per heavy atom. The van der Waals surface area contributed by atoms with Crippen molar-refractivity contribution in [3.8, 4) is 32.3 Å². The van der Waals surface area contributed by atoms with Gasteiger partial charge in [-0.3, -0.25) is 0 Å². The quantitative estimate of drug-likeness (QED) is 0.126. The highest BCUT2D eigenvalue weighted by Crippen LogP contribution is 2.43. The van der Waals surface area contributed by atoms with Crippen molar-refractivity contribution in [2.24, 2.45) is 0 Å². The van der Waals surface area contributed by atoms with Gasteiger partial charge in [-0.1, -0.05) is 109 Å². The van der Waals surface area contributed by atoms with Crippen LogP contribution in [0.3, 0.4) is 0 Å². The molecule has 0 aliphatic carbocycles. The van der Waals surface area contributed by atoms with Crippen LogP contribution in [-0.4, -0.2) is 8.07 Å². The Bertz CT molecular complexity index is 2250. The number of nitrogens with zero attached hydrogens (tertiary/aromatic N) is 3. The first-order valence-electron chi connectivity index (χ1n) is 15.6. The van der Waals surface area contributed by atoms with Gasteiger partial charge in [0.2, 0.25) is 0 Å². The highest BCUT2D eigenvalue weighted by atomic mass is 32.1. The maximum atomic E-state index is 9.54. The number of allylic oxidation sites excluding steroid dienone is 1. The van der Waals surface area contributed by atoms with Gasteiger partial charge in [-0.05, 0) is 80.9 Å². The van der Waals surface area contributed by atoms with Crippen molar-refractivity contribution >= 4 is 74.6 Å². The molecule has 3 heterocycles. The summed E-state index contributed by atoms with van der Waals surface area (Å²) in [6.45, 7) is 0. The number of para-hydroxylation sites is 2. The number of rotatable bonds is 7. The van der Waals surface area contributed by atoms with Gasteiger partial charge < -0.3 is 4.90 Å². The number of fused-ring (bicyclic) bond motifs is 3. The van der Waals surface area contributed by atoms with Crippen molar-refractivity contribution in [3.63, 3.8) is 0 Å². The van der Waals surface area contributed by atoms with Crippen molar-refractivity contribution < 1.29 is 0 Å². The van der Waals surface area contributed by atoms with Gasteiger partial charge in [0, 0.05) is 36.6 Å². The second-order valence-corrected chi connectivity index (χ2v) is 17.4. The molecule has 0 amide bonds. The van der Waals surface area contributed by atoms with Crippen LogP contribution in [0.15, 0.2) is 163 Å². The lowest BCUT2D eigenvalue weighted by atomic mass is 10.1. The topological polar surface area (TPSA) is 50.8 Å². The third kappa shape index (κ3) is 4.92. The molecule has 48 heavy (non-hydrogen) atoms. The van der Waals surface area contributed by atoms with Crippen LogP contribution in [0.2, 0.25) is 0 Å². The van der Waals surface area contributed by atoms with E-state index in [0.29, 0.717) is 0 Å². The van der Waals surface area contributed by atoms with E-state index in [1.165, 1.54) is 40.9 Å². The van der Waals surface area contributed by atoms with Gasteiger partial charge in [-0.2, -0.15) is 10.5 Å². The number of hydrogen-bond donors (Lipinski definition) is 0. The minimum Gasteiger partial charge on any atom is -0.311 e. The van der Waals surface area contributed by atoms with E-state index in [0.717, 1.165) is 21.9 Å². The Balaban J connectivity index is 1.29. The van der Waals surface area contributed by atoms with Gasteiger partial charge in [0.15, 0.2) is 8.07 Å². The van der Waals surface area contributed by atoms with E-state index in [1.54, 1.807) is 17.4 Å². The Morgan fingerprint density at radius 3 is 1.52 bits per heavy atom. The zero-order valence-electron chi connectivity index (χ0n) is 25.7. The van der Waals surface area contributed by atoms with Crippen LogP contribution in [0.1, 0.15) is 4.88 Å². The Morgan fingerprint density at radius 1 is 0.542 bits per heavy atom. The summed E-state index contributed by atoms with van der Waals surface area (Å²) in [5.41, 5.74) is 4.62. The van der Waals surface area contributed by atoms with E-state index in [4.69, 9.17) is 0 Å². The second-order valence-electron chi connectivity index (χ2n) is 11.6. The van der Waals surface area contributed by atoms with Crippen LogP contribution in [0.5, 0.6) is 0 Å². The lowest BCUT2D eigenvalue weighted by molar-refractivity contribution is 1.28. The predicted molar refractivity (Wildman–Crippen MR) is 204 cm³/mol. The fourth-order valence-corrected chi connectivity index (χ4v) is 15.6. The summed E-state index contributed by atoms with van der Waals surface area (Å²) >= 11 is 3.53. The summed E-state index contributed by atoms with van der Waals surface area (Å²) in [6, 6.07) is 60.4. The van der Waals surface area contributed by atoms with E-state index < -0.39 is 8.07 Å². The smallest absolute Gasteiger partial charge is 0.182 e. The molecule has 226 valence electrons. The van der Waals surface area contributed by atoms with Crippen LogP contribution in [0.4, 0.5) is 17.1 Å². The predicted octanol–water partition coefficient (Wildman–Crippen LogP) is 8.73. The first kappa shape index (κ1) is 29.6. The molecule has 0 fully saturated rings. The van der Waals surface area contributed by atoms with Crippen LogP contribution in [-0.2, 0) is 0 Å². The molecule has 2 aromatic heterocycles. The molecule has 1 aliphatic rings. The molecule has 5 aromatic carbocycles. The van der Waals surface area contributed by atoms with Gasteiger partial charge in [0.1, 0.15) is 17.7 Å². The summed E-state index contributed by atoms with van der Waals surface area (Å²) in [4.78, 5) is 6.99. The molecule has 1 aliphatic heterocycles. The number of anilines is 3. The van der Waals surface area contributed by atoms with Gasteiger partial charge in [-0.15, -0.1) is 22.7 Å². The largest absolute Gasteiger partial charge is 0.311 e. The van der Waals surface area contributed by atoms with E-state index in [1.807, 2.05) is 35.6 Å². The molecule has 0 spiro atoms. The average Bonchev–Trinajstić information content (AvgIpc) is 3.84. The van der Waals surface area contributed by atoms with Gasteiger partial charge in [0.05, 0.1) is 0 Å². The lowest BCUT2D eigenvalue weighted by Crippen LogP contribution is -2.72. The Kier molecular flexibility index (Phi) is 7.68. The van der Waals surface area contributed by atoms with Crippen molar-refractivity contribution in [2.75, 3.05) is 4.90 Å². The molecule has 3 nitrogen and oxygen atoms in total. The normalized spacial score (nSPS) is 12.3. The summed E-state index contributed by atoms with van der Waals surface area (Å²) in [7, 11) is -2.69. The molecule has 0 atom stereocenters. The van der Waals surface area contributed by atoms with E-state index >= 15 is 0 Å². The van der Waals surface area contributed by atoms with E-state index in [9.17, 15) is 10.5 Å². The third-order valence-electron chi connectivity index (χ3n) is 8.88. The van der Waals surface area contributed by atoms with E-state index in [2.05, 4.69) is 150 Å². The highest BCUT2D eigenvalue weighted by Gasteiger charge is 2.51. The molecule has 0 radical (unpaired) electrons. The number of hydrogen-bond acceptors (Lipinski definition) is 5. The summed E-state index contributed by atoms with van der Waals surface area (Å²) in [6.07, 6.45) is 1.73. The van der Waals surface area contributed by atoms with Crippen LogP contribution >= 0.6 is 22.7 Å². The molecule has 0 N–H and O–H groups in total. The zero-order chi connectivity index (χ0) is 32.5. The molecule has 0 saturated heterocycles. The van der Waals surface area contributed by atoms with Gasteiger partial charge in [-0.25, -0.2) is 0 Å². The maximum Gasteiger partial charge on any atom is 0.182 e. The van der Waals surface area contributed by atoms with Crippen LogP contribution < -0.4 is 25.6 Å². The highest BCUT2D eigenvalue weighted by molar-refractivity contribution is 7.35. The lowest BCUT2D eigenvalue weighted by Gasteiger charge is -2.30. The van der Waals surface area contributed by atoms with Crippen LogP contribution in [0.25, 0.3) is 26.3 Å². The zero-order valence-corrected chi connectivity index (χ0v) is 28.4. The fraction of sp³-hybridized carbons (Fsp3) is 0. The second kappa shape index (κ2) is 12.4. The average molecular weight is 666 g/mol. The monoisotopic (exact) mass is 665 g/mol. The summed E-state index contributed by atoms with van der Waals surface area (Å²) in [5, 5.41) is 24.5. The maximum absolute atomic E-state index is 9.54. The van der Waals surface area contributed by atoms with Gasteiger partial charge >= 0.3 is 0 Å². The fourth-order valence-electron chi connectivity index (χ4n) is 6.83. The first-order valence-corrected chi connectivity index (χ1v) is 19.3. The molecule has 0 bridgehead atoms. The van der Waals surface area contributed by atoms with E-state index in [-0.39, 0.29) is 5.57 Å². The number of thiophene rings is 2. The minimum atomic E-state index is -2.69. The first-order chi connectivity index (χ1) is 23.7. The van der Waals surface area contributed by atoms with Gasteiger partial charge in [0.25, 0.3) is 0 Å². The summed E-state index contributed by atoms with van der Waals surface area (Å²) < 4.78 is 0. The molecule has 0 unspecified atom stereocenters. The van der Waals surface area contributed by atoms with Crippen molar-refractivity contribution in [1.82, 2.24) is 0 Å². The molecular formula is C42H27N3S2Si. The third-order valence-corrected chi connectivity index (χ3v) is 16.5. The SMILES string of the molecule is N#CC(C#N)=Cc1cc2c(s1)-c1sc(-c3ccc(N(c4ccccc4)c4ccccc4)cc3)cc1[Si]2(c1ccccc1)c1ccccc1. The number of nitriles is 2. The molecule has 6 heteroatoms. The molecule has 8 rings (SSSR count). The standard InChI is InChI=1S/C42H27N3S2Si/c43-28-30(29-44)25-35-26-39-41(46-35)42-40(48(39,36-17-9-3-10-18-36)37-19-11-4-12-20-37)27-38(47-42)31-21-23-34(24-22-31)45(32-13-5-1-6-14-32)33-15-7-2-8-16-33/h1-27H. The molecule has 0 saturated carbocycles. The summed E-state index contributed by atoms with van der Waals surface area (Å²) in [5.74, 6) is 0. The Labute approximate surface area is 289 Å². The molecular weight excluding hydrogens is 639 g/mol. The minimum absolute atomic E-state index is 0.119. The van der Waals surface area contributed by atoms with Crippen molar-refractivity contribution in [3.05, 3.63) is 168 Å². The van der Waals surface area contributed by atoms with Crippen molar-refractivity contribution in [1.29, 1.82) is 10.5 Å². The van der Waals surface area contributed by atoms with Crippen LogP contribution in [0, 0.1) is 22.7 Å². The van der Waals surface area contributed by atoms with Crippen molar-refractivity contribution in [2.45, 2.75) is 0 Å². The Hall–Kier alpha value is -5.76. The number of benzene rings is 5. The molecule has 7 aromatic rings.